The van der Waals surface area contributed by atoms with Gasteiger partial charge in [-0.25, -0.2) is 19.2 Å². The lowest BCUT2D eigenvalue weighted by molar-refractivity contribution is 0.475. The Morgan fingerprint density at radius 2 is 1.82 bits per heavy atom. The van der Waals surface area contributed by atoms with Gasteiger partial charge in [0.2, 0.25) is 0 Å². The van der Waals surface area contributed by atoms with E-state index in [1.165, 1.54) is 18.1 Å². The normalized spacial score (nSPS) is 11.5. The summed E-state index contributed by atoms with van der Waals surface area (Å²) in [4.78, 5) is 24.4. The van der Waals surface area contributed by atoms with E-state index in [-0.39, 0.29) is 23.7 Å². The maximum absolute atomic E-state index is 14.1. The average molecular weight is 549 g/mol. The van der Waals surface area contributed by atoms with Crippen LogP contribution >= 0.6 is 11.8 Å². The smallest absolute Gasteiger partial charge is 0.283 e. The van der Waals surface area contributed by atoms with Crippen molar-refractivity contribution in [3.63, 3.8) is 0 Å². The summed E-state index contributed by atoms with van der Waals surface area (Å²) >= 11 is 1.42. The third-order valence-corrected chi connectivity index (χ3v) is 7.47. The van der Waals surface area contributed by atoms with Crippen molar-refractivity contribution in [2.75, 3.05) is 5.73 Å². The van der Waals surface area contributed by atoms with E-state index in [4.69, 9.17) is 15.9 Å². The Morgan fingerprint density at radius 1 is 1.00 bits per heavy atom. The molecule has 0 saturated heterocycles. The molecule has 0 aliphatic carbocycles. The third kappa shape index (κ3) is 3.96. The quantitative estimate of drug-likeness (QED) is 0.283. The zero-order valence-corrected chi connectivity index (χ0v) is 21.5. The fourth-order valence-electron chi connectivity index (χ4n) is 4.61. The van der Waals surface area contributed by atoms with Crippen LogP contribution in [0.2, 0.25) is 0 Å². The Balaban J connectivity index is 1.41. The van der Waals surface area contributed by atoms with Gasteiger partial charge in [-0.05, 0) is 42.5 Å². The van der Waals surface area contributed by atoms with E-state index in [2.05, 4.69) is 20.2 Å². The van der Waals surface area contributed by atoms with Crippen LogP contribution in [0.4, 0.5) is 5.82 Å². The number of aromatic hydroxyl groups is 1. The van der Waals surface area contributed by atoms with Gasteiger partial charge in [0.1, 0.15) is 35.7 Å². The number of hydrogen-bond acceptors (Lipinski definition) is 9. The number of rotatable bonds is 6. The fourth-order valence-corrected chi connectivity index (χ4v) is 5.54. The standard InChI is InChI=1S/C27H20N10O2S/c28-25-22-23(16-12-31-32-13-16)34-36(26(22)30-15-29-25)14-21-33-35-11-10-20(40-19-8-6-18(38)7-9-19)24(35)27(39)37(21)17-4-2-1-3-5-17/h1-13,15,38H,14H2,(H,31,32)(H2,28,29,30). The molecule has 0 aliphatic rings. The second-order valence-corrected chi connectivity index (χ2v) is 10.0. The highest BCUT2D eigenvalue weighted by Gasteiger charge is 2.22. The Bertz CT molecular complexity index is 2050. The number of nitrogens with one attached hydrogen (secondary N) is 1. The largest absolute Gasteiger partial charge is 0.508 e. The van der Waals surface area contributed by atoms with Crippen LogP contribution in [0.5, 0.6) is 5.75 Å². The second-order valence-electron chi connectivity index (χ2n) is 8.91. The Hall–Kier alpha value is -5.43. The lowest BCUT2D eigenvalue weighted by atomic mass is 10.2. The van der Waals surface area contributed by atoms with Gasteiger partial charge < -0.3 is 10.8 Å². The highest BCUT2D eigenvalue weighted by Crippen LogP contribution is 2.32. The molecular weight excluding hydrogens is 528 g/mol. The van der Waals surface area contributed by atoms with Crippen LogP contribution < -0.4 is 11.3 Å². The van der Waals surface area contributed by atoms with Gasteiger partial charge in [-0.1, -0.05) is 30.0 Å². The van der Waals surface area contributed by atoms with Gasteiger partial charge in [0.05, 0.1) is 17.3 Å². The number of nitrogen functional groups attached to an aromatic ring is 1. The number of phenolic OH excluding ortho intramolecular Hbond substituents is 1. The first-order valence-corrected chi connectivity index (χ1v) is 13.0. The Morgan fingerprint density at radius 3 is 2.60 bits per heavy atom. The minimum atomic E-state index is -0.233. The van der Waals surface area contributed by atoms with E-state index in [1.54, 1.807) is 56.6 Å². The maximum Gasteiger partial charge on any atom is 0.283 e. The molecule has 0 radical (unpaired) electrons. The van der Waals surface area contributed by atoms with Crippen LogP contribution in [-0.4, -0.2) is 49.2 Å². The summed E-state index contributed by atoms with van der Waals surface area (Å²) in [5, 5.41) is 26.7. The summed E-state index contributed by atoms with van der Waals surface area (Å²) < 4.78 is 4.84. The SMILES string of the molecule is Nc1ncnc2c1c(-c1cn[nH]c1)nn2Cc1nn2ccc(Sc3ccc(O)cc3)c2c(=O)n1-c1ccccc1. The predicted molar refractivity (Wildman–Crippen MR) is 149 cm³/mol. The van der Waals surface area contributed by atoms with Gasteiger partial charge >= 0.3 is 0 Å². The number of benzene rings is 2. The minimum absolute atomic E-state index is 0.128. The van der Waals surface area contributed by atoms with Crippen molar-refractivity contribution >= 4 is 34.1 Å². The number of para-hydroxylation sites is 1. The van der Waals surface area contributed by atoms with Crippen molar-refractivity contribution in [2.24, 2.45) is 0 Å². The van der Waals surface area contributed by atoms with E-state index in [0.29, 0.717) is 33.8 Å². The molecule has 7 rings (SSSR count). The monoisotopic (exact) mass is 548 g/mol. The maximum atomic E-state index is 14.1. The summed E-state index contributed by atoms with van der Waals surface area (Å²) in [5.74, 6) is 0.913. The van der Waals surface area contributed by atoms with Crippen molar-refractivity contribution in [3.8, 4) is 22.7 Å². The molecule has 13 heteroatoms. The van der Waals surface area contributed by atoms with Crippen molar-refractivity contribution < 1.29 is 5.11 Å². The lowest BCUT2D eigenvalue weighted by Gasteiger charge is -2.14. The number of aromatic amines is 1. The molecule has 196 valence electrons. The van der Waals surface area contributed by atoms with E-state index in [9.17, 15) is 9.90 Å². The molecule has 0 bridgehead atoms. The number of fused-ring (bicyclic) bond motifs is 2. The average Bonchev–Trinajstić information content (AvgIpc) is 3.71. The number of H-pyrrole nitrogens is 1. The molecule has 7 aromatic rings. The summed E-state index contributed by atoms with van der Waals surface area (Å²) in [6, 6.07) is 18.0. The number of aromatic nitrogens is 9. The number of hydrogen-bond donors (Lipinski definition) is 3. The van der Waals surface area contributed by atoms with Crippen LogP contribution in [-0.2, 0) is 6.54 Å². The van der Waals surface area contributed by atoms with Gasteiger partial charge in [0.15, 0.2) is 11.5 Å². The molecule has 0 atom stereocenters. The van der Waals surface area contributed by atoms with E-state index < -0.39 is 0 Å². The van der Waals surface area contributed by atoms with Crippen LogP contribution in [0.15, 0.2) is 100 Å². The fraction of sp³-hybridized carbons (Fsp3) is 0.0370. The molecule has 2 aromatic carbocycles. The summed E-state index contributed by atoms with van der Waals surface area (Å²) in [7, 11) is 0. The van der Waals surface area contributed by atoms with E-state index in [1.807, 2.05) is 36.4 Å². The zero-order chi connectivity index (χ0) is 27.2. The number of phenols is 1. The molecule has 0 amide bonds. The molecule has 40 heavy (non-hydrogen) atoms. The van der Waals surface area contributed by atoms with E-state index >= 15 is 0 Å². The Kier molecular flexibility index (Phi) is 5.56. The molecule has 0 fully saturated rings. The first kappa shape index (κ1) is 23.7. The first-order valence-electron chi connectivity index (χ1n) is 12.2. The van der Waals surface area contributed by atoms with Crippen LogP contribution in [0, 0.1) is 0 Å². The number of nitrogens with zero attached hydrogens (tertiary/aromatic N) is 8. The van der Waals surface area contributed by atoms with Crippen LogP contribution in [0.1, 0.15) is 5.82 Å². The van der Waals surface area contributed by atoms with Gasteiger partial charge in [-0.15, -0.1) is 0 Å². The molecule has 0 aliphatic heterocycles. The molecule has 5 aromatic heterocycles. The Labute approximate surface area is 229 Å². The molecule has 0 spiro atoms. The second kappa shape index (κ2) is 9.39. The highest BCUT2D eigenvalue weighted by molar-refractivity contribution is 7.99. The molecule has 4 N–H and O–H groups in total. The predicted octanol–water partition coefficient (Wildman–Crippen LogP) is 3.50. The van der Waals surface area contributed by atoms with Gasteiger partial charge in [0.25, 0.3) is 5.56 Å². The molecule has 5 heterocycles. The highest BCUT2D eigenvalue weighted by atomic mass is 32.2. The van der Waals surface area contributed by atoms with E-state index in [0.717, 1.165) is 15.4 Å². The summed E-state index contributed by atoms with van der Waals surface area (Å²) in [6.07, 6.45) is 6.51. The van der Waals surface area contributed by atoms with Gasteiger partial charge in [-0.3, -0.25) is 14.5 Å². The summed E-state index contributed by atoms with van der Waals surface area (Å²) in [6.45, 7) is 0.128. The summed E-state index contributed by atoms with van der Waals surface area (Å²) in [5.41, 5.74) is 8.92. The minimum Gasteiger partial charge on any atom is -0.508 e. The van der Waals surface area contributed by atoms with Gasteiger partial charge in [-0.2, -0.15) is 15.3 Å². The molecule has 0 unspecified atom stereocenters. The number of nitrogens with two attached hydrogens (primary N) is 1. The molecular formula is C27H20N10O2S. The molecule has 0 saturated carbocycles. The van der Waals surface area contributed by atoms with Crippen molar-refractivity contribution in [3.05, 3.63) is 102 Å². The third-order valence-electron chi connectivity index (χ3n) is 6.42. The molecule has 12 nitrogen and oxygen atoms in total. The van der Waals surface area contributed by atoms with Crippen molar-refractivity contribution in [1.82, 2.24) is 44.1 Å². The van der Waals surface area contributed by atoms with Crippen LogP contribution in [0.25, 0.3) is 33.5 Å². The van der Waals surface area contributed by atoms with Crippen LogP contribution in [0.3, 0.4) is 0 Å². The first-order chi connectivity index (χ1) is 19.6. The zero-order valence-electron chi connectivity index (χ0n) is 20.7. The number of anilines is 1. The topological polar surface area (TPSA) is 158 Å². The van der Waals surface area contributed by atoms with Gasteiger partial charge in [0, 0.05) is 27.7 Å². The lowest BCUT2D eigenvalue weighted by Crippen LogP contribution is -2.28. The van der Waals surface area contributed by atoms with Crippen molar-refractivity contribution in [2.45, 2.75) is 16.3 Å². The van der Waals surface area contributed by atoms with Crippen molar-refractivity contribution in [1.29, 1.82) is 0 Å².